The normalized spacial score (nSPS) is 20.7. The van der Waals surface area contributed by atoms with Crippen molar-refractivity contribution in [1.29, 1.82) is 0 Å². The molecule has 336 valence electrons. The summed E-state index contributed by atoms with van der Waals surface area (Å²) in [7, 11) is -4.87. The molecule has 0 saturated carbocycles. The number of hydrogen-bond donors (Lipinski definition) is 4. The van der Waals surface area contributed by atoms with Crippen molar-refractivity contribution in [2.24, 2.45) is 4.99 Å². The zero-order valence-electron chi connectivity index (χ0n) is 35.1. The highest BCUT2D eigenvalue weighted by molar-refractivity contribution is 7.47. The number of phosphoric acid groups is 1. The summed E-state index contributed by atoms with van der Waals surface area (Å²) >= 11 is 6.01. The second kappa shape index (κ2) is 25.2. The molecule has 15 nitrogen and oxygen atoms in total. The van der Waals surface area contributed by atoms with Crippen LogP contribution in [0, 0.1) is 5.82 Å². The third kappa shape index (κ3) is 14.5. The number of hydrogen-bond acceptors (Lipinski definition) is 12. The van der Waals surface area contributed by atoms with Crippen LogP contribution in [0.25, 0.3) is 5.52 Å². The fourth-order valence-electron chi connectivity index (χ4n) is 7.50. The van der Waals surface area contributed by atoms with E-state index in [9.17, 15) is 28.9 Å². The minimum atomic E-state index is -4.87. The molecule has 1 unspecified atom stereocenters. The topological polar surface area (TPSA) is 204 Å². The summed E-state index contributed by atoms with van der Waals surface area (Å²) < 4.78 is 51.1. The van der Waals surface area contributed by atoms with Gasteiger partial charge in [0.05, 0.1) is 30.9 Å². The van der Waals surface area contributed by atoms with Crippen LogP contribution in [-0.4, -0.2) is 98.0 Å². The molecular formula is C42H65ClFN6O9P. The first-order chi connectivity index (χ1) is 28.8. The number of rotatable bonds is 30. The number of carbonyl (C=O) groups is 1. The molecular weight excluding hydrogens is 818 g/mol. The van der Waals surface area contributed by atoms with Crippen LogP contribution >= 0.6 is 19.4 Å². The molecule has 60 heavy (non-hydrogen) atoms. The fraction of sp³-hybridized carbons (Fsp3) is 0.667. The molecule has 0 spiro atoms. The van der Waals surface area contributed by atoms with E-state index in [0.717, 1.165) is 19.3 Å². The molecule has 3 heterocycles. The fourth-order valence-corrected chi connectivity index (χ4v) is 8.48. The summed E-state index contributed by atoms with van der Waals surface area (Å²) in [5.41, 5.74) is 5.10. The van der Waals surface area contributed by atoms with Gasteiger partial charge in [0.2, 0.25) is 11.6 Å². The Hall–Kier alpha value is -3.05. The van der Waals surface area contributed by atoms with Gasteiger partial charge in [-0.3, -0.25) is 18.8 Å². The van der Waals surface area contributed by atoms with Crippen LogP contribution in [0.15, 0.2) is 41.7 Å². The number of nitrogens with two attached hydrogens (primary N) is 1. The van der Waals surface area contributed by atoms with Gasteiger partial charge in [0, 0.05) is 20.1 Å². The number of nitrogens with zero attached hydrogens (tertiary/aromatic N) is 5. The van der Waals surface area contributed by atoms with E-state index < -0.39 is 62.8 Å². The van der Waals surface area contributed by atoms with E-state index in [1.54, 1.807) is 6.07 Å². The number of halogens is 2. The minimum absolute atomic E-state index is 0.00995. The molecule has 4 rings (SSSR count). The second-order valence-corrected chi connectivity index (χ2v) is 17.5. The molecule has 18 heteroatoms. The van der Waals surface area contributed by atoms with E-state index in [4.69, 9.17) is 35.9 Å². The number of aliphatic hydroxyl groups is 2. The summed E-state index contributed by atoms with van der Waals surface area (Å²) in [4.78, 5) is 33.0. The van der Waals surface area contributed by atoms with E-state index in [-0.39, 0.29) is 29.7 Å². The van der Waals surface area contributed by atoms with Gasteiger partial charge in [-0.15, -0.1) is 0 Å². The van der Waals surface area contributed by atoms with Gasteiger partial charge >= 0.3 is 7.82 Å². The van der Waals surface area contributed by atoms with Crippen molar-refractivity contribution in [3.8, 4) is 0 Å². The quantitative estimate of drug-likeness (QED) is 0.0287. The lowest BCUT2D eigenvalue weighted by Gasteiger charge is -2.31. The van der Waals surface area contributed by atoms with Crippen LogP contribution in [0.3, 0.4) is 0 Å². The van der Waals surface area contributed by atoms with Gasteiger partial charge in [0.1, 0.15) is 41.7 Å². The zero-order valence-corrected chi connectivity index (χ0v) is 36.8. The number of carbonyl (C=O) groups excluding carboxylic acids is 1. The molecule has 0 radical (unpaired) electrons. The van der Waals surface area contributed by atoms with Crippen LogP contribution in [0.2, 0.25) is 5.02 Å². The number of amides is 1. The van der Waals surface area contributed by atoms with Gasteiger partial charge in [-0.1, -0.05) is 121 Å². The third-order valence-electron chi connectivity index (χ3n) is 11.0. The van der Waals surface area contributed by atoms with Crippen molar-refractivity contribution in [2.75, 3.05) is 32.2 Å². The Morgan fingerprint density at radius 2 is 1.63 bits per heavy atom. The Kier molecular flexibility index (Phi) is 20.8. The van der Waals surface area contributed by atoms with Gasteiger partial charge in [-0.05, 0) is 43.0 Å². The number of aliphatic hydroxyl groups excluding tert-OH is 2. The van der Waals surface area contributed by atoms with Crippen LogP contribution in [-0.2, 0) is 40.2 Å². The highest BCUT2D eigenvalue weighted by Crippen LogP contribution is 2.47. The molecule has 1 aliphatic rings. The van der Waals surface area contributed by atoms with Crippen molar-refractivity contribution in [3.63, 3.8) is 0 Å². The van der Waals surface area contributed by atoms with E-state index in [0.29, 0.717) is 17.7 Å². The number of aliphatic imine (C=N–C) groups is 1. The largest absolute Gasteiger partial charge is 0.472 e. The lowest BCUT2D eigenvalue weighted by atomic mass is 10.0. The highest BCUT2D eigenvalue weighted by atomic mass is 35.5. The molecule has 5 N–H and O–H groups in total. The second-order valence-electron chi connectivity index (χ2n) is 15.6. The van der Waals surface area contributed by atoms with Crippen LogP contribution < -0.4 is 5.73 Å². The van der Waals surface area contributed by atoms with Crippen molar-refractivity contribution in [2.45, 2.75) is 153 Å². The smallest absolute Gasteiger partial charge is 0.387 e. The minimum Gasteiger partial charge on any atom is -0.387 e. The Balaban J connectivity index is 1.26. The van der Waals surface area contributed by atoms with Crippen LogP contribution in [0.1, 0.15) is 128 Å². The molecule has 2 aromatic heterocycles. The van der Waals surface area contributed by atoms with Gasteiger partial charge in [-0.25, -0.2) is 18.5 Å². The van der Waals surface area contributed by atoms with E-state index in [2.05, 4.69) is 28.7 Å². The number of ether oxygens (including phenoxy) is 2. The number of fused-ring (bicyclic) bond motifs is 1. The number of anilines is 1. The first-order valence-corrected chi connectivity index (χ1v) is 23.2. The van der Waals surface area contributed by atoms with Crippen molar-refractivity contribution >= 4 is 43.4 Å². The molecule has 6 atom stereocenters. The lowest BCUT2D eigenvalue weighted by Crippen LogP contribution is -2.44. The molecule has 1 saturated heterocycles. The monoisotopic (exact) mass is 882 g/mol. The zero-order chi connectivity index (χ0) is 43.5. The van der Waals surface area contributed by atoms with Gasteiger partial charge in [-0.2, -0.15) is 5.10 Å². The Labute approximate surface area is 358 Å². The first-order valence-electron chi connectivity index (χ1n) is 21.3. The molecule has 0 bridgehead atoms. The summed E-state index contributed by atoms with van der Waals surface area (Å²) in [6, 6.07) is 6.33. The molecule has 1 amide bonds. The van der Waals surface area contributed by atoms with Gasteiger partial charge < -0.3 is 35.2 Å². The number of phosphoric ester groups is 1. The third-order valence-corrected chi connectivity index (χ3v) is 12.2. The Morgan fingerprint density at radius 1 is 1.02 bits per heavy atom. The molecule has 1 aromatic carbocycles. The lowest BCUT2D eigenvalue weighted by molar-refractivity contribution is -0.134. The van der Waals surface area contributed by atoms with Crippen molar-refractivity contribution in [3.05, 3.63) is 58.8 Å². The molecule has 3 aromatic rings. The first kappa shape index (κ1) is 49.6. The van der Waals surface area contributed by atoms with Crippen molar-refractivity contribution < 1.29 is 47.4 Å². The summed E-state index contributed by atoms with van der Waals surface area (Å²) in [6.45, 7) is 6.32. The molecule has 1 fully saturated rings. The summed E-state index contributed by atoms with van der Waals surface area (Å²) in [5.74, 6) is -0.852. The highest BCUT2D eigenvalue weighted by Gasteiger charge is 2.57. The average Bonchev–Trinajstić information content (AvgIpc) is 3.77. The summed E-state index contributed by atoms with van der Waals surface area (Å²) in [5, 5.41) is 26.1. The average molecular weight is 883 g/mol. The Morgan fingerprint density at radius 3 is 2.22 bits per heavy atom. The summed E-state index contributed by atoms with van der Waals surface area (Å²) in [6.07, 6.45) is 16.4. The SMILES string of the molecule is C=N[C@@]1(c2ccc3c(N)ncnn23)O[C@H](COP(=O)(O)OC[C@@H](COCCCCCCCCCCCCCCCCCC)N(Cc2ccc(F)c(Cl)c2)C(C)=O)[C@@H](O)[C@H]1O. The maximum absolute atomic E-state index is 13.9. The van der Waals surface area contributed by atoms with Gasteiger partial charge in [0.15, 0.2) is 5.82 Å². The predicted octanol–water partition coefficient (Wildman–Crippen LogP) is 7.91. The number of aromatic nitrogens is 3. The number of nitrogen functional groups attached to an aromatic ring is 1. The van der Waals surface area contributed by atoms with Gasteiger partial charge in [0.25, 0.3) is 0 Å². The van der Waals surface area contributed by atoms with E-state index >= 15 is 0 Å². The van der Waals surface area contributed by atoms with E-state index in [1.807, 2.05) is 0 Å². The molecule has 1 aliphatic heterocycles. The van der Waals surface area contributed by atoms with Crippen LogP contribution in [0.5, 0.6) is 0 Å². The predicted molar refractivity (Wildman–Crippen MR) is 229 cm³/mol. The van der Waals surface area contributed by atoms with Crippen molar-refractivity contribution in [1.82, 2.24) is 19.5 Å². The number of benzene rings is 1. The van der Waals surface area contributed by atoms with E-state index in [1.165, 1.54) is 130 Å². The maximum Gasteiger partial charge on any atom is 0.472 e. The Bertz CT molecular complexity index is 1830. The maximum atomic E-state index is 13.9. The van der Waals surface area contributed by atoms with Crippen LogP contribution in [0.4, 0.5) is 10.2 Å². The molecule has 0 aliphatic carbocycles. The number of unbranched alkanes of at least 4 members (excludes halogenated alkanes) is 15. The standard InChI is InChI=1S/C42H65ClFN6O9P/c1-4-5-6-7-8-9-10-11-12-13-14-15-16-17-18-19-24-56-27-33(49(31(2)51)26-32-20-21-35(44)34(43)25-32)28-57-60(54,55)58-29-37-39(52)40(53)42(46-3,59-37)38-23-22-36-41(45)47-30-48-50(36)38/h20-23,25,30,33,37,39-40,52-53H,3-19,24,26-29H2,1-2H3,(H,54,55)(H2,45,47,48)/t33-,37-,39-,40-,42+/m1/s1.